The Morgan fingerprint density at radius 2 is 2.13 bits per heavy atom. The third-order valence-corrected chi connectivity index (χ3v) is 3.26. The maximum atomic E-state index is 12.4. The highest BCUT2D eigenvalue weighted by atomic mass is 35.5. The van der Waals surface area contributed by atoms with Gasteiger partial charge in [0.1, 0.15) is 18.0 Å². The third-order valence-electron chi connectivity index (χ3n) is 3.11. The van der Waals surface area contributed by atoms with E-state index in [1.807, 2.05) is 39.0 Å². The van der Waals surface area contributed by atoms with Gasteiger partial charge in [-0.3, -0.25) is 4.90 Å². The summed E-state index contributed by atoms with van der Waals surface area (Å²) in [5, 5.41) is 0.867. The van der Waals surface area contributed by atoms with Crippen LogP contribution in [-0.4, -0.2) is 35.7 Å². The van der Waals surface area contributed by atoms with E-state index in [2.05, 4.69) is 11.9 Å². The highest BCUT2D eigenvalue weighted by Gasteiger charge is 2.24. The van der Waals surface area contributed by atoms with Gasteiger partial charge in [0.25, 0.3) is 0 Å². The van der Waals surface area contributed by atoms with E-state index in [-0.39, 0.29) is 6.54 Å². The molecule has 0 saturated heterocycles. The number of nitrogens with one attached hydrogen (secondary N) is 1. The Bertz CT molecular complexity index is 676. The molecule has 125 valence electrons. The lowest BCUT2D eigenvalue weighted by Gasteiger charge is -2.26. The van der Waals surface area contributed by atoms with E-state index in [4.69, 9.17) is 21.1 Å². The van der Waals surface area contributed by atoms with E-state index in [0.717, 1.165) is 10.9 Å². The van der Waals surface area contributed by atoms with Crippen LogP contribution in [0.5, 0.6) is 5.75 Å². The number of nitrogens with zero attached hydrogens (tertiary/aromatic N) is 1. The van der Waals surface area contributed by atoms with Gasteiger partial charge in [-0.15, -0.1) is 11.6 Å². The SMILES string of the molecule is [CH2]CN(C(=O)OC(C)(C)C)c1c[nH]c2ccc(OCCCl)cc12. The summed E-state index contributed by atoms with van der Waals surface area (Å²) in [5.74, 6) is 1.12. The van der Waals surface area contributed by atoms with E-state index >= 15 is 0 Å². The van der Waals surface area contributed by atoms with E-state index < -0.39 is 11.7 Å². The Balaban J connectivity index is 2.34. The van der Waals surface area contributed by atoms with Gasteiger partial charge in [-0.25, -0.2) is 4.79 Å². The van der Waals surface area contributed by atoms with Crippen molar-refractivity contribution in [2.45, 2.75) is 26.4 Å². The zero-order valence-corrected chi connectivity index (χ0v) is 14.4. The first-order valence-electron chi connectivity index (χ1n) is 7.45. The van der Waals surface area contributed by atoms with Gasteiger partial charge in [-0.2, -0.15) is 0 Å². The number of aromatic amines is 1. The molecule has 1 heterocycles. The van der Waals surface area contributed by atoms with E-state index in [1.54, 1.807) is 6.20 Å². The first kappa shape index (κ1) is 17.5. The van der Waals surface area contributed by atoms with E-state index in [0.29, 0.717) is 23.9 Å². The first-order valence-corrected chi connectivity index (χ1v) is 7.99. The molecule has 0 bridgehead atoms. The number of H-pyrrole nitrogens is 1. The van der Waals surface area contributed by atoms with Crippen LogP contribution in [0.2, 0.25) is 0 Å². The highest BCUT2D eigenvalue weighted by molar-refractivity contribution is 6.18. The second-order valence-corrected chi connectivity index (χ2v) is 6.43. The molecule has 1 aromatic heterocycles. The molecule has 23 heavy (non-hydrogen) atoms. The number of hydrogen-bond donors (Lipinski definition) is 1. The van der Waals surface area contributed by atoms with Crippen molar-refractivity contribution in [2.75, 3.05) is 23.9 Å². The normalized spacial score (nSPS) is 11.5. The van der Waals surface area contributed by atoms with Crippen LogP contribution in [-0.2, 0) is 4.74 Å². The number of alkyl halides is 1. The molecule has 0 saturated carbocycles. The molecule has 2 aromatic rings. The fraction of sp³-hybridized carbons (Fsp3) is 0.412. The molecule has 0 aliphatic heterocycles. The van der Waals surface area contributed by atoms with E-state index in [9.17, 15) is 4.79 Å². The molecule has 5 nitrogen and oxygen atoms in total. The largest absolute Gasteiger partial charge is 0.492 e. The van der Waals surface area contributed by atoms with Gasteiger partial charge in [0.05, 0.1) is 11.6 Å². The number of rotatable bonds is 5. The summed E-state index contributed by atoms with van der Waals surface area (Å²) in [6.07, 6.45) is 1.34. The number of fused-ring (bicyclic) bond motifs is 1. The summed E-state index contributed by atoms with van der Waals surface area (Å²) in [5.41, 5.74) is 1.05. The Labute approximate surface area is 141 Å². The Hall–Kier alpha value is -1.88. The van der Waals surface area contributed by atoms with Crippen molar-refractivity contribution >= 4 is 34.3 Å². The van der Waals surface area contributed by atoms with Gasteiger partial charge in [0.15, 0.2) is 0 Å². The first-order chi connectivity index (χ1) is 10.9. The van der Waals surface area contributed by atoms with Crippen LogP contribution in [0, 0.1) is 6.92 Å². The Kier molecular flexibility index (Phi) is 5.42. The number of carbonyl (C=O) groups is 1. The molecule has 1 radical (unpaired) electrons. The van der Waals surface area contributed by atoms with Gasteiger partial charge in [-0.1, -0.05) is 0 Å². The van der Waals surface area contributed by atoms with Crippen LogP contribution in [0.15, 0.2) is 24.4 Å². The van der Waals surface area contributed by atoms with Crippen molar-refractivity contribution in [3.05, 3.63) is 31.3 Å². The summed E-state index contributed by atoms with van der Waals surface area (Å²) in [7, 11) is 0. The quantitative estimate of drug-likeness (QED) is 0.825. The number of anilines is 1. The molecule has 0 aliphatic carbocycles. The van der Waals surface area contributed by atoms with E-state index in [1.165, 1.54) is 4.90 Å². The number of aromatic nitrogens is 1. The van der Waals surface area contributed by atoms with Crippen LogP contribution in [0.1, 0.15) is 20.8 Å². The Morgan fingerprint density at radius 1 is 1.39 bits per heavy atom. The lowest BCUT2D eigenvalue weighted by atomic mass is 10.2. The molecule has 6 heteroatoms. The van der Waals surface area contributed by atoms with Gasteiger partial charge in [0.2, 0.25) is 0 Å². The highest BCUT2D eigenvalue weighted by Crippen LogP contribution is 2.31. The van der Waals surface area contributed by atoms with Crippen LogP contribution in [0.3, 0.4) is 0 Å². The van der Waals surface area contributed by atoms with Crippen molar-refractivity contribution in [3.63, 3.8) is 0 Å². The maximum Gasteiger partial charge on any atom is 0.414 e. The molecule has 1 amide bonds. The van der Waals surface area contributed by atoms with Gasteiger partial charge in [-0.05, 0) is 45.9 Å². The second kappa shape index (κ2) is 7.13. The average Bonchev–Trinajstić information content (AvgIpc) is 2.87. The molecule has 0 spiro atoms. The fourth-order valence-corrected chi connectivity index (χ4v) is 2.26. The summed E-state index contributed by atoms with van der Waals surface area (Å²) >= 11 is 5.65. The summed E-state index contributed by atoms with van der Waals surface area (Å²) in [4.78, 5) is 17.0. The minimum absolute atomic E-state index is 0.259. The zero-order valence-electron chi connectivity index (χ0n) is 13.7. The predicted octanol–water partition coefficient (Wildman–Crippen LogP) is 4.36. The van der Waals surface area contributed by atoms with Crippen molar-refractivity contribution in [2.24, 2.45) is 0 Å². The van der Waals surface area contributed by atoms with Gasteiger partial charge >= 0.3 is 6.09 Å². The number of halogens is 1. The lowest BCUT2D eigenvalue weighted by Crippen LogP contribution is -2.36. The zero-order chi connectivity index (χ0) is 17.0. The van der Waals surface area contributed by atoms with Crippen molar-refractivity contribution < 1.29 is 14.3 Å². The summed E-state index contributed by atoms with van der Waals surface area (Å²) in [6, 6.07) is 5.64. The predicted molar refractivity (Wildman–Crippen MR) is 93.5 cm³/mol. The summed E-state index contributed by atoms with van der Waals surface area (Å²) in [6.45, 7) is 10.0. The lowest BCUT2D eigenvalue weighted by molar-refractivity contribution is 0.0584. The molecule has 1 aromatic carbocycles. The molecular formula is C17H22ClN2O3. The molecule has 2 rings (SSSR count). The van der Waals surface area contributed by atoms with Crippen LogP contribution in [0.4, 0.5) is 10.5 Å². The molecular weight excluding hydrogens is 316 g/mol. The van der Waals surface area contributed by atoms with Crippen molar-refractivity contribution in [3.8, 4) is 5.75 Å². The summed E-state index contributed by atoms with van der Waals surface area (Å²) < 4.78 is 11.0. The van der Waals surface area contributed by atoms with Crippen molar-refractivity contribution in [1.82, 2.24) is 4.98 Å². The van der Waals surface area contributed by atoms with Crippen LogP contribution >= 0.6 is 11.6 Å². The van der Waals surface area contributed by atoms with Crippen molar-refractivity contribution in [1.29, 1.82) is 0 Å². The van der Waals surface area contributed by atoms with Crippen LogP contribution < -0.4 is 9.64 Å². The van der Waals surface area contributed by atoms with Gasteiger partial charge in [0, 0.05) is 23.6 Å². The number of amides is 1. The molecule has 0 atom stereocenters. The number of benzene rings is 1. The Morgan fingerprint density at radius 3 is 2.74 bits per heavy atom. The van der Waals surface area contributed by atoms with Gasteiger partial charge < -0.3 is 14.5 Å². The minimum Gasteiger partial charge on any atom is -0.492 e. The topological polar surface area (TPSA) is 54.6 Å². The number of hydrogen-bond acceptors (Lipinski definition) is 3. The standard InChI is InChI=1S/C17H22ClN2O3/c1-5-20(16(21)23-17(2,3)4)15-11-19-14-7-6-12(10-13(14)15)22-9-8-18/h6-7,10-11,19H,1,5,8-9H2,2-4H3. The number of ether oxygens (including phenoxy) is 2. The molecule has 0 fully saturated rings. The number of carbonyl (C=O) groups excluding carboxylic acids is 1. The smallest absolute Gasteiger partial charge is 0.414 e. The molecule has 0 unspecified atom stereocenters. The second-order valence-electron chi connectivity index (χ2n) is 6.05. The molecule has 1 N–H and O–H groups in total. The molecule has 0 aliphatic rings. The maximum absolute atomic E-state index is 12.4. The fourth-order valence-electron chi connectivity index (χ4n) is 2.18. The monoisotopic (exact) mass is 337 g/mol. The van der Waals surface area contributed by atoms with Crippen LogP contribution in [0.25, 0.3) is 10.9 Å². The minimum atomic E-state index is -0.564. The average molecular weight is 338 g/mol. The third kappa shape index (κ3) is 4.32.